The summed E-state index contributed by atoms with van der Waals surface area (Å²) in [4.78, 5) is 13.8. The first-order valence-corrected chi connectivity index (χ1v) is 9.13. The number of carbonyl (C=O) groups excluding carboxylic acids is 1. The maximum Gasteiger partial charge on any atom is 0.410 e. The molecule has 0 aromatic rings. The minimum Gasteiger partial charge on any atom is -0.444 e. The molecule has 1 N–H and O–H groups in total. The molecule has 0 saturated heterocycles. The Kier molecular flexibility index (Phi) is 8.84. The van der Waals surface area contributed by atoms with E-state index in [1.54, 1.807) is 4.90 Å². The first-order valence-electron chi connectivity index (χ1n) is 9.13. The van der Waals surface area contributed by atoms with Crippen molar-refractivity contribution in [2.24, 2.45) is 0 Å². The van der Waals surface area contributed by atoms with Crippen molar-refractivity contribution in [1.82, 2.24) is 10.2 Å². The molecule has 1 rings (SSSR count). The van der Waals surface area contributed by atoms with Gasteiger partial charge in [0, 0.05) is 19.1 Å². The van der Waals surface area contributed by atoms with Gasteiger partial charge in [0.05, 0.1) is 0 Å². The smallest absolute Gasteiger partial charge is 0.410 e. The van der Waals surface area contributed by atoms with Crippen LogP contribution in [0.25, 0.3) is 0 Å². The van der Waals surface area contributed by atoms with E-state index in [-0.39, 0.29) is 6.09 Å². The van der Waals surface area contributed by atoms with E-state index in [4.69, 9.17) is 4.74 Å². The van der Waals surface area contributed by atoms with Gasteiger partial charge in [0.1, 0.15) is 5.60 Å². The first kappa shape index (κ1) is 19.3. The van der Waals surface area contributed by atoms with Gasteiger partial charge in [-0.25, -0.2) is 4.79 Å². The lowest BCUT2D eigenvalue weighted by Gasteiger charge is -2.27. The number of hydrogen-bond donors (Lipinski definition) is 1. The standard InChI is InChI=1S/C18H36N2O2/c1-5-20(17(21)22-18(2,3)4)15-11-14-19-16-12-9-7-6-8-10-13-16/h16,19H,5-15H2,1-4H3. The predicted molar refractivity (Wildman–Crippen MR) is 92.2 cm³/mol. The summed E-state index contributed by atoms with van der Waals surface area (Å²) in [5, 5.41) is 3.68. The molecule has 0 aromatic carbocycles. The summed E-state index contributed by atoms with van der Waals surface area (Å²) in [6.07, 6.45) is 10.3. The summed E-state index contributed by atoms with van der Waals surface area (Å²) >= 11 is 0. The monoisotopic (exact) mass is 312 g/mol. The summed E-state index contributed by atoms with van der Waals surface area (Å²) in [5.41, 5.74) is -0.415. The molecule has 0 spiro atoms. The summed E-state index contributed by atoms with van der Waals surface area (Å²) in [6, 6.07) is 0.678. The van der Waals surface area contributed by atoms with Crippen molar-refractivity contribution in [2.45, 2.75) is 90.7 Å². The molecule has 0 heterocycles. The molecule has 0 aliphatic heterocycles. The third-order valence-electron chi connectivity index (χ3n) is 4.18. The molecule has 0 bridgehead atoms. The molecule has 4 nitrogen and oxygen atoms in total. The average molecular weight is 312 g/mol. The lowest BCUT2D eigenvalue weighted by atomic mass is 9.97. The van der Waals surface area contributed by atoms with Crippen molar-refractivity contribution >= 4 is 6.09 Å². The molecule has 130 valence electrons. The van der Waals surface area contributed by atoms with Crippen LogP contribution in [-0.2, 0) is 4.74 Å². The Morgan fingerprint density at radius 2 is 1.73 bits per heavy atom. The zero-order valence-corrected chi connectivity index (χ0v) is 15.1. The number of rotatable bonds is 6. The highest BCUT2D eigenvalue weighted by molar-refractivity contribution is 5.68. The second kappa shape index (κ2) is 10.1. The van der Waals surface area contributed by atoms with Gasteiger partial charge in [-0.15, -0.1) is 0 Å². The van der Waals surface area contributed by atoms with Crippen LogP contribution in [0, 0.1) is 0 Å². The van der Waals surface area contributed by atoms with Crippen molar-refractivity contribution < 1.29 is 9.53 Å². The number of amides is 1. The summed E-state index contributed by atoms with van der Waals surface area (Å²) in [6.45, 7) is 10.2. The molecular formula is C18H36N2O2. The van der Waals surface area contributed by atoms with Crippen molar-refractivity contribution in [1.29, 1.82) is 0 Å². The Hall–Kier alpha value is -0.770. The summed E-state index contributed by atoms with van der Waals surface area (Å²) < 4.78 is 5.43. The van der Waals surface area contributed by atoms with E-state index in [2.05, 4.69) is 5.32 Å². The van der Waals surface area contributed by atoms with E-state index in [1.807, 2.05) is 27.7 Å². The highest BCUT2D eigenvalue weighted by Gasteiger charge is 2.20. The quantitative estimate of drug-likeness (QED) is 0.742. The van der Waals surface area contributed by atoms with Gasteiger partial charge in [-0.2, -0.15) is 0 Å². The second-order valence-corrected chi connectivity index (χ2v) is 7.41. The van der Waals surface area contributed by atoms with Gasteiger partial charge in [0.2, 0.25) is 0 Å². The predicted octanol–water partition coefficient (Wildman–Crippen LogP) is 4.34. The molecule has 22 heavy (non-hydrogen) atoms. The van der Waals surface area contributed by atoms with Crippen LogP contribution in [0.2, 0.25) is 0 Å². The van der Waals surface area contributed by atoms with Gasteiger partial charge in [0.25, 0.3) is 0 Å². The van der Waals surface area contributed by atoms with E-state index in [1.165, 1.54) is 44.9 Å². The third-order valence-corrected chi connectivity index (χ3v) is 4.18. The van der Waals surface area contributed by atoms with E-state index in [0.717, 1.165) is 19.5 Å². The molecule has 1 amide bonds. The Labute approximate surface area is 137 Å². The van der Waals surface area contributed by atoms with E-state index in [0.29, 0.717) is 12.6 Å². The van der Waals surface area contributed by atoms with Gasteiger partial charge >= 0.3 is 6.09 Å². The zero-order valence-electron chi connectivity index (χ0n) is 15.1. The Bertz CT molecular complexity index is 305. The highest BCUT2D eigenvalue weighted by Crippen LogP contribution is 2.17. The highest BCUT2D eigenvalue weighted by atomic mass is 16.6. The molecule has 0 unspecified atom stereocenters. The maximum absolute atomic E-state index is 12.1. The lowest BCUT2D eigenvalue weighted by Crippen LogP contribution is -2.39. The number of carbonyl (C=O) groups is 1. The zero-order chi connectivity index (χ0) is 16.4. The van der Waals surface area contributed by atoms with Gasteiger partial charge in [-0.1, -0.05) is 32.1 Å². The molecule has 1 aliphatic carbocycles. The van der Waals surface area contributed by atoms with E-state index >= 15 is 0 Å². The SMILES string of the molecule is CCN(CCCNC1CCCCCCC1)C(=O)OC(C)(C)C. The normalized spacial score (nSPS) is 17.6. The molecule has 0 radical (unpaired) electrons. The molecule has 0 aromatic heterocycles. The molecule has 1 saturated carbocycles. The van der Waals surface area contributed by atoms with Crippen LogP contribution < -0.4 is 5.32 Å². The van der Waals surface area contributed by atoms with Crippen molar-refractivity contribution in [3.63, 3.8) is 0 Å². The fraction of sp³-hybridized carbons (Fsp3) is 0.944. The van der Waals surface area contributed by atoms with Gasteiger partial charge in [-0.05, 0) is 53.5 Å². The van der Waals surface area contributed by atoms with Gasteiger partial charge in [-0.3, -0.25) is 0 Å². The minimum atomic E-state index is -0.415. The number of hydrogen-bond acceptors (Lipinski definition) is 3. The van der Waals surface area contributed by atoms with Crippen molar-refractivity contribution in [3.8, 4) is 0 Å². The molecule has 1 fully saturated rings. The molecule has 1 aliphatic rings. The van der Waals surface area contributed by atoms with Crippen molar-refractivity contribution in [2.75, 3.05) is 19.6 Å². The van der Waals surface area contributed by atoms with Crippen LogP contribution in [0.4, 0.5) is 4.79 Å². The van der Waals surface area contributed by atoms with E-state index < -0.39 is 5.60 Å². The summed E-state index contributed by atoms with van der Waals surface area (Å²) in [5.74, 6) is 0. The minimum absolute atomic E-state index is 0.194. The van der Waals surface area contributed by atoms with Crippen LogP contribution in [0.3, 0.4) is 0 Å². The van der Waals surface area contributed by atoms with Crippen LogP contribution in [0.5, 0.6) is 0 Å². The van der Waals surface area contributed by atoms with Gasteiger partial charge in [0.15, 0.2) is 0 Å². The van der Waals surface area contributed by atoms with Crippen molar-refractivity contribution in [3.05, 3.63) is 0 Å². The maximum atomic E-state index is 12.1. The molecule has 4 heteroatoms. The van der Waals surface area contributed by atoms with Crippen LogP contribution in [-0.4, -0.2) is 42.3 Å². The Morgan fingerprint density at radius 1 is 1.14 bits per heavy atom. The number of ether oxygens (including phenoxy) is 1. The molecular weight excluding hydrogens is 276 g/mol. The molecule has 0 atom stereocenters. The third kappa shape index (κ3) is 8.62. The first-order chi connectivity index (χ1) is 10.4. The van der Waals surface area contributed by atoms with Gasteiger partial charge < -0.3 is 15.0 Å². The average Bonchev–Trinajstić information content (AvgIpc) is 2.38. The van der Waals surface area contributed by atoms with Crippen LogP contribution in [0.15, 0.2) is 0 Å². The largest absolute Gasteiger partial charge is 0.444 e. The summed E-state index contributed by atoms with van der Waals surface area (Å²) in [7, 11) is 0. The fourth-order valence-corrected chi connectivity index (χ4v) is 2.94. The second-order valence-electron chi connectivity index (χ2n) is 7.41. The van der Waals surface area contributed by atoms with E-state index in [9.17, 15) is 4.79 Å². The topological polar surface area (TPSA) is 41.6 Å². The lowest BCUT2D eigenvalue weighted by molar-refractivity contribution is 0.0258. The Morgan fingerprint density at radius 3 is 2.27 bits per heavy atom. The van der Waals surface area contributed by atoms with Crippen LogP contribution in [0.1, 0.15) is 79.1 Å². The Balaban J connectivity index is 2.21. The number of nitrogens with zero attached hydrogens (tertiary/aromatic N) is 1. The van der Waals surface area contributed by atoms with Crippen LogP contribution >= 0.6 is 0 Å². The fourth-order valence-electron chi connectivity index (χ4n) is 2.94. The number of nitrogens with one attached hydrogen (secondary N) is 1.